The summed E-state index contributed by atoms with van der Waals surface area (Å²) in [7, 11) is 0. The Labute approximate surface area is 156 Å². The van der Waals surface area contributed by atoms with E-state index in [1.165, 1.54) is 0 Å². The quantitative estimate of drug-likeness (QED) is 0.557. The molecule has 1 amide bonds. The third-order valence-corrected chi connectivity index (χ3v) is 4.19. The molecule has 3 aromatic carbocycles. The summed E-state index contributed by atoms with van der Waals surface area (Å²) in [5, 5.41) is 6.16. The lowest BCUT2D eigenvalue weighted by atomic mass is 10.1. The first-order valence-corrected chi connectivity index (χ1v) is 8.57. The Bertz CT molecular complexity index is 1020. The molecule has 6 heteroatoms. The summed E-state index contributed by atoms with van der Waals surface area (Å²) < 4.78 is 16.3. The van der Waals surface area contributed by atoms with Crippen molar-refractivity contribution in [3.63, 3.8) is 0 Å². The molecule has 136 valence electrons. The fraction of sp³-hybridized carbons (Fsp3) is 0.143. The molecular weight excluding hydrogens is 344 g/mol. The molecule has 1 aliphatic rings. The number of amides is 1. The van der Waals surface area contributed by atoms with Crippen LogP contribution in [0.4, 0.5) is 0 Å². The number of nitrogens with one attached hydrogen (secondary N) is 1. The molecule has 0 aromatic heterocycles. The Morgan fingerprint density at radius 3 is 2.78 bits per heavy atom. The second-order valence-electron chi connectivity index (χ2n) is 6.12. The van der Waals surface area contributed by atoms with Crippen molar-refractivity contribution in [2.24, 2.45) is 5.10 Å². The van der Waals surface area contributed by atoms with Crippen molar-refractivity contribution in [3.8, 4) is 17.2 Å². The smallest absolute Gasteiger partial charge is 0.280 e. The molecule has 3 aromatic rings. The average Bonchev–Trinajstić information content (AvgIpc) is 3.15. The van der Waals surface area contributed by atoms with Crippen LogP contribution in [0, 0.1) is 0 Å². The Morgan fingerprint density at radius 1 is 1.07 bits per heavy atom. The van der Waals surface area contributed by atoms with Crippen LogP contribution in [-0.2, 0) is 4.79 Å². The highest BCUT2D eigenvalue weighted by Crippen LogP contribution is 2.31. The predicted molar refractivity (Wildman–Crippen MR) is 102 cm³/mol. The molecule has 0 bridgehead atoms. The van der Waals surface area contributed by atoms with Gasteiger partial charge in [-0.1, -0.05) is 30.3 Å². The van der Waals surface area contributed by atoms with Gasteiger partial charge in [-0.25, -0.2) is 5.43 Å². The number of benzene rings is 3. The van der Waals surface area contributed by atoms with Crippen LogP contribution in [0.3, 0.4) is 0 Å². The fourth-order valence-corrected chi connectivity index (χ4v) is 2.75. The van der Waals surface area contributed by atoms with E-state index in [0.717, 1.165) is 16.3 Å². The van der Waals surface area contributed by atoms with Crippen molar-refractivity contribution in [2.45, 2.75) is 13.0 Å². The second-order valence-corrected chi connectivity index (χ2v) is 6.12. The van der Waals surface area contributed by atoms with E-state index in [4.69, 9.17) is 14.2 Å². The molecule has 6 nitrogen and oxygen atoms in total. The van der Waals surface area contributed by atoms with Gasteiger partial charge in [-0.05, 0) is 53.6 Å². The van der Waals surface area contributed by atoms with Crippen LogP contribution in [0.25, 0.3) is 10.8 Å². The number of hydrazone groups is 1. The molecule has 1 heterocycles. The van der Waals surface area contributed by atoms with Gasteiger partial charge in [0.2, 0.25) is 6.79 Å². The van der Waals surface area contributed by atoms with Crippen molar-refractivity contribution in [3.05, 3.63) is 66.2 Å². The van der Waals surface area contributed by atoms with Crippen LogP contribution in [-0.4, -0.2) is 25.0 Å². The summed E-state index contributed by atoms with van der Waals surface area (Å²) in [5.41, 5.74) is 3.28. The second kappa shape index (κ2) is 7.37. The molecule has 0 radical (unpaired) electrons. The van der Waals surface area contributed by atoms with Crippen LogP contribution >= 0.6 is 0 Å². The third-order valence-electron chi connectivity index (χ3n) is 4.19. The lowest BCUT2D eigenvalue weighted by Gasteiger charge is -2.13. The summed E-state index contributed by atoms with van der Waals surface area (Å²) in [5.74, 6) is 1.67. The van der Waals surface area contributed by atoms with Gasteiger partial charge < -0.3 is 14.2 Å². The molecule has 0 spiro atoms. The van der Waals surface area contributed by atoms with Crippen LogP contribution in [0.2, 0.25) is 0 Å². The SMILES string of the molecule is CC(Oc1ccc2ccccc2c1)C(=O)N/N=C/c1ccc2c(c1)OCO2. The first kappa shape index (κ1) is 16.9. The first-order chi connectivity index (χ1) is 13.2. The van der Waals surface area contributed by atoms with Crippen LogP contribution in [0.1, 0.15) is 12.5 Å². The van der Waals surface area contributed by atoms with Crippen LogP contribution in [0.15, 0.2) is 65.8 Å². The van der Waals surface area contributed by atoms with Gasteiger partial charge in [-0.15, -0.1) is 0 Å². The van der Waals surface area contributed by atoms with E-state index in [0.29, 0.717) is 17.2 Å². The molecule has 0 fully saturated rings. The van der Waals surface area contributed by atoms with E-state index in [1.807, 2.05) is 48.5 Å². The molecule has 1 atom stereocenters. The summed E-state index contributed by atoms with van der Waals surface area (Å²) in [6.07, 6.45) is 0.864. The topological polar surface area (TPSA) is 69.2 Å². The van der Waals surface area contributed by atoms with Crippen LogP contribution < -0.4 is 19.6 Å². The predicted octanol–water partition coefficient (Wildman–Crippen LogP) is 3.49. The molecule has 1 unspecified atom stereocenters. The van der Waals surface area contributed by atoms with Gasteiger partial charge in [0.15, 0.2) is 17.6 Å². The van der Waals surface area contributed by atoms with E-state index in [9.17, 15) is 4.79 Å². The number of carbonyl (C=O) groups excluding carboxylic acids is 1. The summed E-state index contributed by atoms with van der Waals surface area (Å²) >= 11 is 0. The number of carbonyl (C=O) groups is 1. The number of hydrogen-bond acceptors (Lipinski definition) is 5. The molecule has 0 aliphatic carbocycles. The minimum Gasteiger partial charge on any atom is -0.481 e. The molecule has 27 heavy (non-hydrogen) atoms. The van der Waals surface area contributed by atoms with E-state index in [1.54, 1.807) is 25.3 Å². The third kappa shape index (κ3) is 3.84. The highest BCUT2D eigenvalue weighted by atomic mass is 16.7. The minimum absolute atomic E-state index is 0.219. The van der Waals surface area contributed by atoms with Gasteiger partial charge in [0.05, 0.1) is 6.21 Å². The summed E-state index contributed by atoms with van der Waals surface area (Å²) in [6.45, 7) is 1.90. The zero-order chi connectivity index (χ0) is 18.6. The normalized spacial score (nSPS) is 13.7. The monoisotopic (exact) mass is 362 g/mol. The molecule has 1 aliphatic heterocycles. The molecule has 0 saturated heterocycles. The van der Waals surface area contributed by atoms with Gasteiger partial charge in [0.25, 0.3) is 5.91 Å². The lowest BCUT2D eigenvalue weighted by molar-refractivity contribution is -0.127. The average molecular weight is 362 g/mol. The number of hydrogen-bond donors (Lipinski definition) is 1. The van der Waals surface area contributed by atoms with E-state index >= 15 is 0 Å². The van der Waals surface area contributed by atoms with Gasteiger partial charge in [0.1, 0.15) is 5.75 Å². The maximum Gasteiger partial charge on any atom is 0.280 e. The van der Waals surface area contributed by atoms with Crippen molar-refractivity contribution in [1.82, 2.24) is 5.43 Å². The summed E-state index contributed by atoms with van der Waals surface area (Å²) in [4.78, 5) is 12.2. The first-order valence-electron chi connectivity index (χ1n) is 8.57. The van der Waals surface area contributed by atoms with E-state index in [-0.39, 0.29) is 12.7 Å². The van der Waals surface area contributed by atoms with Gasteiger partial charge in [-0.3, -0.25) is 4.79 Å². The van der Waals surface area contributed by atoms with E-state index in [2.05, 4.69) is 10.5 Å². The Hall–Kier alpha value is -3.54. The van der Waals surface area contributed by atoms with Crippen molar-refractivity contribution in [1.29, 1.82) is 0 Å². The van der Waals surface area contributed by atoms with Crippen LogP contribution in [0.5, 0.6) is 17.2 Å². The van der Waals surface area contributed by atoms with Crippen molar-refractivity contribution in [2.75, 3.05) is 6.79 Å². The van der Waals surface area contributed by atoms with E-state index < -0.39 is 6.10 Å². The highest BCUT2D eigenvalue weighted by molar-refractivity contribution is 5.86. The zero-order valence-electron chi connectivity index (χ0n) is 14.7. The summed E-state index contributed by atoms with van der Waals surface area (Å²) in [6, 6.07) is 19.1. The Kier molecular flexibility index (Phi) is 4.61. The van der Waals surface area contributed by atoms with Gasteiger partial charge in [-0.2, -0.15) is 5.10 Å². The zero-order valence-corrected chi connectivity index (χ0v) is 14.7. The maximum absolute atomic E-state index is 12.2. The van der Waals surface area contributed by atoms with Crippen molar-refractivity contribution >= 4 is 22.9 Å². The number of rotatable bonds is 5. The minimum atomic E-state index is -0.680. The number of ether oxygens (including phenoxy) is 3. The maximum atomic E-state index is 12.2. The fourth-order valence-electron chi connectivity index (χ4n) is 2.75. The number of fused-ring (bicyclic) bond motifs is 2. The van der Waals surface area contributed by atoms with Crippen molar-refractivity contribution < 1.29 is 19.0 Å². The molecular formula is C21H18N2O4. The lowest BCUT2D eigenvalue weighted by Crippen LogP contribution is -2.33. The Balaban J connectivity index is 1.35. The van der Waals surface area contributed by atoms with Gasteiger partial charge in [0, 0.05) is 0 Å². The van der Waals surface area contributed by atoms with Gasteiger partial charge >= 0.3 is 0 Å². The molecule has 4 rings (SSSR count). The molecule has 1 N–H and O–H groups in total. The Morgan fingerprint density at radius 2 is 1.89 bits per heavy atom. The molecule has 0 saturated carbocycles. The largest absolute Gasteiger partial charge is 0.481 e. The highest BCUT2D eigenvalue weighted by Gasteiger charge is 2.15. The number of nitrogens with zero attached hydrogens (tertiary/aromatic N) is 1. The standard InChI is InChI=1S/C21H18N2O4/c1-14(27-18-8-7-16-4-2-3-5-17(16)11-18)21(24)23-22-12-15-6-9-19-20(10-15)26-13-25-19/h2-12,14H,13H2,1H3,(H,23,24)/b22-12+.